The fourth-order valence-electron chi connectivity index (χ4n) is 1.19. The molecular weight excluding hydrogens is 169 g/mol. The van der Waals surface area contributed by atoms with Gasteiger partial charge in [-0.2, -0.15) is 0 Å². The second-order valence-electron chi connectivity index (χ2n) is 2.69. The zero-order valence-electron chi connectivity index (χ0n) is 7.12. The van der Waals surface area contributed by atoms with Crippen LogP contribution in [-0.2, 0) is 0 Å². The van der Waals surface area contributed by atoms with Crippen LogP contribution >= 0.6 is 0 Å². The normalized spacial score (nSPS) is 10.3. The number of aromatic nitrogens is 1. The molecule has 0 fully saturated rings. The van der Waals surface area contributed by atoms with Crippen LogP contribution in [-0.4, -0.2) is 12.1 Å². The van der Waals surface area contributed by atoms with Gasteiger partial charge in [-0.3, -0.25) is 0 Å². The van der Waals surface area contributed by atoms with Crippen molar-refractivity contribution in [2.75, 3.05) is 7.11 Å². The summed E-state index contributed by atoms with van der Waals surface area (Å²) >= 11 is 0. The van der Waals surface area contributed by atoms with Gasteiger partial charge in [0.25, 0.3) is 0 Å². The molecule has 0 aliphatic heterocycles. The molecule has 0 saturated heterocycles. The average Bonchev–Trinajstić information content (AvgIpc) is 2.16. The van der Waals surface area contributed by atoms with Gasteiger partial charge >= 0.3 is 0 Å². The maximum atomic E-state index is 12.8. The highest BCUT2D eigenvalue weighted by atomic mass is 19.1. The van der Waals surface area contributed by atoms with E-state index in [1.54, 1.807) is 12.1 Å². The van der Waals surface area contributed by atoms with E-state index in [4.69, 9.17) is 4.74 Å². The molecule has 0 unspecified atom stereocenters. The Bertz CT molecular complexity index is 442. The molecule has 0 N–H and O–H groups in total. The summed E-state index contributed by atoms with van der Waals surface area (Å²) in [6, 6.07) is 8.09. The highest BCUT2D eigenvalue weighted by molar-refractivity contribution is 5.78. The Kier molecular flexibility index (Phi) is 1.85. The first-order valence-electron chi connectivity index (χ1n) is 3.90. The van der Waals surface area contributed by atoms with Gasteiger partial charge in [0.2, 0.25) is 5.88 Å². The zero-order valence-corrected chi connectivity index (χ0v) is 7.12. The number of pyridine rings is 1. The lowest BCUT2D eigenvalue weighted by atomic mass is 10.2. The molecule has 0 atom stereocenters. The highest BCUT2D eigenvalue weighted by Gasteiger charge is 1.98. The monoisotopic (exact) mass is 177 g/mol. The number of benzene rings is 1. The van der Waals surface area contributed by atoms with E-state index in [0.29, 0.717) is 11.4 Å². The molecule has 1 aromatic carbocycles. The molecule has 1 aromatic heterocycles. The second kappa shape index (κ2) is 3.01. The summed E-state index contributed by atoms with van der Waals surface area (Å²) in [6.45, 7) is 0. The van der Waals surface area contributed by atoms with Crippen LogP contribution in [0.15, 0.2) is 30.3 Å². The van der Waals surface area contributed by atoms with Gasteiger partial charge in [0, 0.05) is 17.5 Å². The molecule has 2 rings (SSSR count). The Labute approximate surface area is 75.0 Å². The van der Waals surface area contributed by atoms with E-state index in [1.807, 2.05) is 6.07 Å². The summed E-state index contributed by atoms with van der Waals surface area (Å²) in [5.74, 6) is 0.214. The first kappa shape index (κ1) is 7.98. The number of halogens is 1. The SMILES string of the molecule is COc1ccc2ccc(F)cc2n1. The number of hydrogen-bond donors (Lipinski definition) is 0. The Morgan fingerprint density at radius 1 is 1.23 bits per heavy atom. The van der Waals surface area contributed by atoms with Gasteiger partial charge in [-0.15, -0.1) is 0 Å². The predicted octanol–water partition coefficient (Wildman–Crippen LogP) is 2.38. The van der Waals surface area contributed by atoms with E-state index in [2.05, 4.69) is 4.98 Å². The molecular formula is C10H8FNO. The fraction of sp³-hybridized carbons (Fsp3) is 0.100. The first-order valence-corrected chi connectivity index (χ1v) is 3.90. The maximum Gasteiger partial charge on any atom is 0.213 e. The second-order valence-corrected chi connectivity index (χ2v) is 2.69. The molecule has 0 aliphatic rings. The molecule has 2 aromatic rings. The fourth-order valence-corrected chi connectivity index (χ4v) is 1.19. The van der Waals surface area contributed by atoms with E-state index >= 15 is 0 Å². The number of hydrogen-bond acceptors (Lipinski definition) is 2. The molecule has 0 saturated carbocycles. The number of fused-ring (bicyclic) bond motifs is 1. The molecule has 0 spiro atoms. The first-order chi connectivity index (χ1) is 6.29. The van der Waals surface area contributed by atoms with Crippen molar-refractivity contribution in [3.8, 4) is 5.88 Å². The van der Waals surface area contributed by atoms with E-state index in [1.165, 1.54) is 19.2 Å². The number of ether oxygens (including phenoxy) is 1. The van der Waals surface area contributed by atoms with Crippen LogP contribution in [0.1, 0.15) is 0 Å². The van der Waals surface area contributed by atoms with Gasteiger partial charge in [-0.25, -0.2) is 9.37 Å². The Morgan fingerprint density at radius 2 is 2.00 bits per heavy atom. The Balaban J connectivity index is 2.68. The average molecular weight is 177 g/mol. The Morgan fingerprint density at radius 3 is 2.77 bits per heavy atom. The summed E-state index contributed by atoms with van der Waals surface area (Å²) in [5.41, 5.74) is 0.611. The molecule has 0 radical (unpaired) electrons. The molecule has 66 valence electrons. The van der Waals surface area contributed by atoms with Crippen molar-refractivity contribution in [3.63, 3.8) is 0 Å². The van der Waals surface area contributed by atoms with Crippen molar-refractivity contribution in [1.29, 1.82) is 0 Å². The summed E-state index contributed by atoms with van der Waals surface area (Å²) in [4.78, 5) is 4.09. The van der Waals surface area contributed by atoms with Crippen LogP contribution in [0.25, 0.3) is 10.9 Å². The van der Waals surface area contributed by atoms with Crippen molar-refractivity contribution in [1.82, 2.24) is 4.98 Å². The zero-order chi connectivity index (χ0) is 9.26. The summed E-state index contributed by atoms with van der Waals surface area (Å²) < 4.78 is 17.7. The van der Waals surface area contributed by atoms with Crippen molar-refractivity contribution < 1.29 is 9.13 Å². The molecule has 0 aliphatic carbocycles. The van der Waals surface area contributed by atoms with Crippen LogP contribution in [0.3, 0.4) is 0 Å². The highest BCUT2D eigenvalue weighted by Crippen LogP contribution is 2.16. The minimum absolute atomic E-state index is 0.284. The lowest BCUT2D eigenvalue weighted by Gasteiger charge is -2.00. The summed E-state index contributed by atoms with van der Waals surface area (Å²) in [6.07, 6.45) is 0. The molecule has 0 bridgehead atoms. The quantitative estimate of drug-likeness (QED) is 0.667. The molecule has 3 heteroatoms. The molecule has 0 amide bonds. The third-order valence-corrected chi connectivity index (χ3v) is 1.84. The third-order valence-electron chi connectivity index (χ3n) is 1.84. The standard InChI is InChI=1S/C10H8FNO/c1-13-10-5-3-7-2-4-8(11)6-9(7)12-10/h2-6H,1H3. The minimum atomic E-state index is -0.284. The molecule has 13 heavy (non-hydrogen) atoms. The summed E-state index contributed by atoms with van der Waals surface area (Å²) in [5, 5.41) is 0.905. The predicted molar refractivity (Wildman–Crippen MR) is 48.3 cm³/mol. The van der Waals surface area contributed by atoms with E-state index in [-0.39, 0.29) is 5.82 Å². The van der Waals surface area contributed by atoms with Gasteiger partial charge in [0.05, 0.1) is 12.6 Å². The van der Waals surface area contributed by atoms with Gasteiger partial charge in [0.1, 0.15) is 5.82 Å². The van der Waals surface area contributed by atoms with E-state index in [9.17, 15) is 4.39 Å². The lowest BCUT2D eigenvalue weighted by Crippen LogP contribution is -1.87. The largest absolute Gasteiger partial charge is 0.481 e. The number of methoxy groups -OCH3 is 1. The van der Waals surface area contributed by atoms with Gasteiger partial charge < -0.3 is 4.74 Å². The smallest absolute Gasteiger partial charge is 0.213 e. The van der Waals surface area contributed by atoms with Crippen molar-refractivity contribution in [3.05, 3.63) is 36.1 Å². The lowest BCUT2D eigenvalue weighted by molar-refractivity contribution is 0.399. The maximum absolute atomic E-state index is 12.8. The van der Waals surface area contributed by atoms with Crippen LogP contribution in [0.5, 0.6) is 5.88 Å². The Hall–Kier alpha value is -1.64. The summed E-state index contributed by atoms with van der Waals surface area (Å²) in [7, 11) is 1.54. The molecule has 1 heterocycles. The van der Waals surface area contributed by atoms with Crippen molar-refractivity contribution in [2.45, 2.75) is 0 Å². The topological polar surface area (TPSA) is 22.1 Å². The molecule has 2 nitrogen and oxygen atoms in total. The minimum Gasteiger partial charge on any atom is -0.481 e. The van der Waals surface area contributed by atoms with Gasteiger partial charge in [-0.05, 0) is 18.2 Å². The van der Waals surface area contributed by atoms with Crippen LogP contribution in [0.4, 0.5) is 4.39 Å². The number of nitrogens with zero attached hydrogens (tertiary/aromatic N) is 1. The van der Waals surface area contributed by atoms with Gasteiger partial charge in [0.15, 0.2) is 0 Å². The van der Waals surface area contributed by atoms with Crippen molar-refractivity contribution >= 4 is 10.9 Å². The van der Waals surface area contributed by atoms with Crippen LogP contribution < -0.4 is 4.74 Å². The van der Waals surface area contributed by atoms with Crippen LogP contribution in [0, 0.1) is 5.82 Å². The number of rotatable bonds is 1. The van der Waals surface area contributed by atoms with E-state index < -0.39 is 0 Å². The van der Waals surface area contributed by atoms with Crippen LogP contribution in [0.2, 0.25) is 0 Å². The van der Waals surface area contributed by atoms with Crippen molar-refractivity contribution in [2.24, 2.45) is 0 Å². The third kappa shape index (κ3) is 1.45. The van der Waals surface area contributed by atoms with Gasteiger partial charge in [-0.1, -0.05) is 0 Å². The van der Waals surface area contributed by atoms with E-state index in [0.717, 1.165) is 5.39 Å².